The van der Waals surface area contributed by atoms with Crippen molar-refractivity contribution in [2.75, 3.05) is 30.9 Å². The molecule has 0 saturated carbocycles. The van der Waals surface area contributed by atoms with E-state index in [1.165, 1.54) is 17.2 Å². The van der Waals surface area contributed by atoms with Gasteiger partial charge in [0.15, 0.2) is 16.5 Å². The van der Waals surface area contributed by atoms with Crippen LogP contribution in [-0.2, 0) is 0 Å². The molecule has 0 aliphatic carbocycles. The molecule has 238 valence electrons. The number of anilines is 2. The summed E-state index contributed by atoms with van der Waals surface area (Å²) in [4.78, 5) is 9.95. The molecule has 0 saturated heterocycles. The molecule has 4 aromatic rings. The summed E-state index contributed by atoms with van der Waals surface area (Å²) in [7, 11) is -9.84. The van der Waals surface area contributed by atoms with Crippen LogP contribution in [0.3, 0.4) is 0 Å². The van der Waals surface area contributed by atoms with E-state index < -0.39 is 89.5 Å². The Labute approximate surface area is 255 Å². The number of ether oxygens (including phenoxy) is 2. The fourth-order valence-electron chi connectivity index (χ4n) is 5.08. The lowest BCUT2D eigenvalue weighted by atomic mass is 9.97. The second-order valence-electron chi connectivity index (χ2n) is 9.75. The first kappa shape index (κ1) is 31.8. The van der Waals surface area contributed by atoms with Gasteiger partial charge in [0.2, 0.25) is 0 Å². The smallest absolute Gasteiger partial charge is 0.318 e. The summed E-state index contributed by atoms with van der Waals surface area (Å²) < 4.78 is 118. The van der Waals surface area contributed by atoms with Crippen molar-refractivity contribution in [1.82, 2.24) is 15.0 Å². The van der Waals surface area contributed by atoms with Crippen LogP contribution in [0.25, 0.3) is 22.0 Å². The lowest BCUT2D eigenvalue weighted by Crippen LogP contribution is -2.31. The lowest BCUT2D eigenvalue weighted by Gasteiger charge is -2.42. The molecular formula is C27H22F7N7O2S2. The first-order chi connectivity index (χ1) is 20.9. The van der Waals surface area contributed by atoms with Gasteiger partial charge >= 0.3 is 16.2 Å². The first-order valence-electron chi connectivity index (χ1n) is 12.7. The van der Waals surface area contributed by atoms with Gasteiger partial charge in [-0.05, 0) is 25.1 Å². The van der Waals surface area contributed by atoms with Crippen molar-refractivity contribution in [2.45, 2.75) is 22.8 Å². The number of aromatic nitrogens is 3. The average molecular weight is 674 g/mol. The molecule has 1 aliphatic heterocycles. The molecule has 5 rings (SSSR count). The second kappa shape index (κ2) is 10.2. The largest absolute Gasteiger partial charge is 0.489 e. The highest BCUT2D eigenvalue weighted by atomic mass is 32.5. The number of nitrogen functional groups attached to an aromatic ring is 1. The lowest BCUT2D eigenvalue weighted by molar-refractivity contribution is 0.306. The average Bonchev–Trinajstić information content (AvgIpc) is 3.13. The Bertz CT molecular complexity index is 1960. The van der Waals surface area contributed by atoms with Crippen LogP contribution in [0.5, 0.6) is 11.8 Å². The van der Waals surface area contributed by atoms with Gasteiger partial charge in [0.05, 0.1) is 40.6 Å². The molecule has 9 nitrogen and oxygen atoms in total. The van der Waals surface area contributed by atoms with Crippen molar-refractivity contribution < 1.29 is 37.7 Å². The number of benzene rings is 2. The predicted molar refractivity (Wildman–Crippen MR) is 157 cm³/mol. The Balaban J connectivity index is 1.99. The van der Waals surface area contributed by atoms with Gasteiger partial charge in [0.1, 0.15) is 35.6 Å². The number of methoxy groups -OCH3 is 1. The van der Waals surface area contributed by atoms with E-state index in [1.54, 1.807) is 19.1 Å². The van der Waals surface area contributed by atoms with E-state index >= 15 is 23.8 Å². The molecule has 0 unspecified atom stereocenters. The van der Waals surface area contributed by atoms with E-state index in [9.17, 15) is 9.65 Å². The van der Waals surface area contributed by atoms with E-state index in [2.05, 4.69) is 21.5 Å². The van der Waals surface area contributed by atoms with Crippen molar-refractivity contribution in [3.8, 4) is 29.0 Å². The van der Waals surface area contributed by atoms with Crippen LogP contribution in [0.2, 0.25) is 0 Å². The van der Waals surface area contributed by atoms with Crippen LogP contribution >= 0.6 is 22.0 Å². The van der Waals surface area contributed by atoms with Gasteiger partial charge in [-0.15, -0.1) is 0 Å². The standard InChI is InChI=1S/C27H22F7N7O2S2/c1-12(14-5-4-8-38-25(14)37)41-9-10-43-22-19-21(39-27(42-3)40-26(19)41)20(29)18(24(22)45(30,31,32,33)34)15-6-7-17(28)23(16(15)11-35)44-13(2)36/h4-8,12H,2,9-10,36H2,1,3H3,(H2,37,38)/t12-/m1/s1. The number of nitriles is 1. The van der Waals surface area contributed by atoms with Crippen LogP contribution in [0, 0.1) is 23.0 Å². The predicted octanol–water partition coefficient (Wildman–Crippen LogP) is 7.57. The maximum absolute atomic E-state index is 16.7. The van der Waals surface area contributed by atoms with Crippen molar-refractivity contribution in [2.24, 2.45) is 5.73 Å². The minimum absolute atomic E-state index is 0.0658. The molecule has 0 bridgehead atoms. The third kappa shape index (κ3) is 5.57. The number of nitrogens with zero attached hydrogens (tertiary/aromatic N) is 5. The molecule has 45 heavy (non-hydrogen) atoms. The van der Waals surface area contributed by atoms with Gasteiger partial charge in [-0.2, -0.15) is 15.2 Å². The monoisotopic (exact) mass is 673 g/mol. The first-order valence-corrected chi connectivity index (χ1v) is 15.4. The molecule has 0 fully saturated rings. The number of hydrogen-bond donors (Lipinski definition) is 2. The summed E-state index contributed by atoms with van der Waals surface area (Å²) in [6.45, 7) is 4.09. The maximum atomic E-state index is 16.7. The molecule has 2 aromatic heterocycles. The Hall–Kier alpha value is -4.63. The summed E-state index contributed by atoms with van der Waals surface area (Å²) in [6.07, 6.45) is 1.41. The van der Waals surface area contributed by atoms with E-state index in [0.717, 1.165) is 7.11 Å². The van der Waals surface area contributed by atoms with Crippen molar-refractivity contribution in [3.63, 3.8) is 0 Å². The number of nitrogens with two attached hydrogens (primary N) is 2. The highest BCUT2D eigenvalue weighted by Crippen LogP contribution is 3.04. The summed E-state index contributed by atoms with van der Waals surface area (Å²) in [5.41, 5.74) is 7.35. The zero-order valence-corrected chi connectivity index (χ0v) is 24.9. The SMILES string of the molecule is C=C(N)Sc1c(F)ccc(-c2c(S(F)(F)(F)(F)F)c3c4c(nc(OC)nc4c2F)N([C@H](C)c2cccnc2N)CCO3)c1C#N. The topological polar surface area (TPSA) is 136 Å². The Kier molecular flexibility index (Phi) is 7.21. The van der Waals surface area contributed by atoms with Gasteiger partial charge < -0.3 is 25.8 Å². The van der Waals surface area contributed by atoms with E-state index in [0.29, 0.717) is 29.5 Å². The molecule has 2 aromatic carbocycles. The Morgan fingerprint density at radius 1 is 1.20 bits per heavy atom. The van der Waals surface area contributed by atoms with Gasteiger partial charge in [-0.3, -0.25) is 0 Å². The number of hydrogen-bond acceptors (Lipinski definition) is 10. The summed E-state index contributed by atoms with van der Waals surface area (Å²) in [5.74, 6) is -4.89. The van der Waals surface area contributed by atoms with Crippen LogP contribution in [0.15, 0.2) is 51.9 Å². The molecule has 3 heterocycles. The molecule has 0 radical (unpaired) electrons. The number of pyridine rings is 1. The molecule has 18 heteroatoms. The van der Waals surface area contributed by atoms with Crippen molar-refractivity contribution >= 4 is 44.5 Å². The Morgan fingerprint density at radius 3 is 2.51 bits per heavy atom. The van der Waals surface area contributed by atoms with E-state index in [-0.39, 0.29) is 17.4 Å². The van der Waals surface area contributed by atoms with Gasteiger partial charge in [0, 0.05) is 22.9 Å². The van der Waals surface area contributed by atoms with Gasteiger partial charge in [0.25, 0.3) is 0 Å². The summed E-state index contributed by atoms with van der Waals surface area (Å²) in [5, 5.41) is 8.76. The third-order valence-corrected chi connectivity index (χ3v) is 8.92. The highest BCUT2D eigenvalue weighted by molar-refractivity contribution is 8.46. The van der Waals surface area contributed by atoms with E-state index in [1.807, 2.05) is 0 Å². The molecule has 0 amide bonds. The number of rotatable bonds is 7. The quantitative estimate of drug-likeness (QED) is 0.149. The Morgan fingerprint density at radius 2 is 1.91 bits per heavy atom. The minimum atomic E-state index is -10.9. The molecule has 1 atom stereocenters. The maximum Gasteiger partial charge on any atom is 0.318 e. The molecule has 0 spiro atoms. The van der Waals surface area contributed by atoms with Crippen LogP contribution in [0.4, 0.5) is 39.8 Å². The number of halogens is 7. The van der Waals surface area contributed by atoms with Crippen LogP contribution < -0.4 is 25.8 Å². The summed E-state index contributed by atoms with van der Waals surface area (Å²) >= 11 is 0.347. The highest BCUT2D eigenvalue weighted by Gasteiger charge is 2.69. The van der Waals surface area contributed by atoms with Crippen molar-refractivity contribution in [1.29, 1.82) is 5.26 Å². The zero-order valence-electron chi connectivity index (χ0n) is 23.3. The molecule has 4 N–H and O–H groups in total. The summed E-state index contributed by atoms with van der Waals surface area (Å²) in [6, 6.07) is 4.47. The fraction of sp³-hybridized carbons (Fsp3) is 0.185. The third-order valence-electron chi connectivity index (χ3n) is 6.89. The minimum Gasteiger partial charge on any atom is -0.489 e. The van der Waals surface area contributed by atoms with Gasteiger partial charge in [-0.1, -0.05) is 43.8 Å². The van der Waals surface area contributed by atoms with Gasteiger partial charge in [-0.25, -0.2) is 13.8 Å². The van der Waals surface area contributed by atoms with Crippen LogP contribution in [0.1, 0.15) is 24.1 Å². The van der Waals surface area contributed by atoms with Crippen LogP contribution in [-0.4, -0.2) is 35.2 Å². The second-order valence-corrected chi connectivity index (χ2v) is 13.2. The fourth-order valence-corrected chi connectivity index (χ4v) is 6.86. The normalized spacial score (nSPS) is 15.3. The van der Waals surface area contributed by atoms with Crippen molar-refractivity contribution in [3.05, 3.63) is 64.8 Å². The number of thioether (sulfide) groups is 1. The van der Waals surface area contributed by atoms with E-state index in [4.69, 9.17) is 20.9 Å². The molecule has 1 aliphatic rings. The molecular weight excluding hydrogens is 651 g/mol. The zero-order chi connectivity index (χ0) is 33.1.